The third-order valence-corrected chi connectivity index (χ3v) is 4.32. The summed E-state index contributed by atoms with van der Waals surface area (Å²) in [6, 6.07) is 13.1. The average Bonchev–Trinajstić information content (AvgIpc) is 3.26. The maximum absolute atomic E-state index is 12.3. The quantitative estimate of drug-likeness (QED) is 0.563. The Bertz CT molecular complexity index is 1110. The molecule has 0 fully saturated rings. The van der Waals surface area contributed by atoms with Gasteiger partial charge in [0.2, 0.25) is 0 Å². The molecule has 0 spiro atoms. The summed E-state index contributed by atoms with van der Waals surface area (Å²) in [5, 5.41) is 6.64. The number of aryl methyl sites for hydroxylation is 1. The lowest BCUT2D eigenvalue weighted by atomic mass is 10.2. The first kappa shape index (κ1) is 16.8. The molecule has 0 bridgehead atoms. The Kier molecular flexibility index (Phi) is 4.29. The van der Waals surface area contributed by atoms with E-state index in [1.165, 1.54) is 0 Å². The van der Waals surface area contributed by atoms with Crippen molar-refractivity contribution in [3.63, 3.8) is 0 Å². The second-order valence-corrected chi connectivity index (χ2v) is 6.14. The normalized spacial score (nSPS) is 11.0. The smallest absolute Gasteiger partial charge is 0.273 e. The van der Waals surface area contributed by atoms with Gasteiger partial charge in [-0.05, 0) is 25.1 Å². The maximum atomic E-state index is 12.3. The Balaban J connectivity index is 1.47. The van der Waals surface area contributed by atoms with Gasteiger partial charge < -0.3 is 20.1 Å². The van der Waals surface area contributed by atoms with Gasteiger partial charge in [0.25, 0.3) is 5.91 Å². The largest absolute Gasteiger partial charge is 0.383 e. The summed E-state index contributed by atoms with van der Waals surface area (Å²) in [6.07, 6.45) is 1.60. The van der Waals surface area contributed by atoms with Gasteiger partial charge in [0, 0.05) is 24.4 Å². The number of anilines is 1. The number of nitrogens with zero attached hydrogens (tertiary/aromatic N) is 4. The van der Waals surface area contributed by atoms with Gasteiger partial charge in [0.1, 0.15) is 11.6 Å². The highest BCUT2D eigenvalue weighted by atomic mass is 16.5. The lowest BCUT2D eigenvalue weighted by molar-refractivity contribution is 0.0942. The highest BCUT2D eigenvalue weighted by Gasteiger charge is 2.15. The Morgan fingerprint density at radius 1 is 1.26 bits per heavy atom. The molecule has 0 aliphatic rings. The number of carbonyl (C=O) groups is 1. The van der Waals surface area contributed by atoms with E-state index < -0.39 is 0 Å². The van der Waals surface area contributed by atoms with Crippen molar-refractivity contribution in [3.8, 4) is 0 Å². The summed E-state index contributed by atoms with van der Waals surface area (Å²) in [7, 11) is 0. The van der Waals surface area contributed by atoms with Crippen LogP contribution in [-0.4, -0.2) is 25.6 Å². The molecule has 0 aliphatic carbocycles. The molecular formula is C19H18N6O2. The summed E-state index contributed by atoms with van der Waals surface area (Å²) in [4.78, 5) is 20.8. The van der Waals surface area contributed by atoms with Gasteiger partial charge in [0.05, 0.1) is 17.6 Å². The number of rotatable bonds is 5. The van der Waals surface area contributed by atoms with Crippen LogP contribution in [-0.2, 0) is 13.1 Å². The molecule has 0 saturated carbocycles. The second kappa shape index (κ2) is 6.91. The molecule has 0 aliphatic heterocycles. The fourth-order valence-corrected chi connectivity index (χ4v) is 2.91. The predicted molar refractivity (Wildman–Crippen MR) is 99.9 cm³/mol. The van der Waals surface area contributed by atoms with Gasteiger partial charge in [0.15, 0.2) is 11.5 Å². The zero-order valence-corrected chi connectivity index (χ0v) is 14.7. The van der Waals surface area contributed by atoms with Crippen LogP contribution in [0, 0.1) is 6.92 Å². The molecule has 1 aromatic carbocycles. The van der Waals surface area contributed by atoms with E-state index in [0.29, 0.717) is 18.1 Å². The number of fused-ring (bicyclic) bond motifs is 1. The van der Waals surface area contributed by atoms with Gasteiger partial charge >= 0.3 is 0 Å². The van der Waals surface area contributed by atoms with E-state index in [-0.39, 0.29) is 18.1 Å². The van der Waals surface area contributed by atoms with Crippen molar-refractivity contribution >= 4 is 22.8 Å². The Morgan fingerprint density at radius 3 is 2.96 bits per heavy atom. The number of nitrogen functional groups attached to an aromatic ring is 1. The van der Waals surface area contributed by atoms with E-state index in [0.717, 1.165) is 22.4 Å². The van der Waals surface area contributed by atoms with Crippen molar-refractivity contribution in [1.29, 1.82) is 0 Å². The van der Waals surface area contributed by atoms with Crippen molar-refractivity contribution in [2.24, 2.45) is 0 Å². The number of hydrogen-bond acceptors (Lipinski definition) is 6. The molecule has 8 heteroatoms. The van der Waals surface area contributed by atoms with E-state index >= 15 is 0 Å². The minimum atomic E-state index is -0.333. The Morgan fingerprint density at radius 2 is 2.11 bits per heavy atom. The number of nitrogens with one attached hydrogen (secondary N) is 1. The van der Waals surface area contributed by atoms with Crippen LogP contribution in [0.4, 0.5) is 5.82 Å². The molecule has 3 aromatic heterocycles. The SMILES string of the molecule is Cc1nc2ccccc2n1Cc1cc(C(=O)NCc2cccnc2N)no1. The van der Waals surface area contributed by atoms with E-state index in [9.17, 15) is 4.79 Å². The van der Waals surface area contributed by atoms with Gasteiger partial charge in [-0.3, -0.25) is 4.79 Å². The van der Waals surface area contributed by atoms with Crippen LogP contribution in [0.15, 0.2) is 53.2 Å². The maximum Gasteiger partial charge on any atom is 0.273 e. The molecule has 1 amide bonds. The molecule has 3 N–H and O–H groups in total. The Hall–Kier alpha value is -3.68. The number of amides is 1. The summed E-state index contributed by atoms with van der Waals surface area (Å²) in [5.41, 5.74) is 8.66. The van der Waals surface area contributed by atoms with Crippen molar-refractivity contribution in [2.75, 3.05) is 5.73 Å². The molecule has 3 heterocycles. The van der Waals surface area contributed by atoms with Crippen LogP contribution in [0.5, 0.6) is 0 Å². The molecule has 27 heavy (non-hydrogen) atoms. The fourth-order valence-electron chi connectivity index (χ4n) is 2.91. The Labute approximate surface area is 155 Å². The summed E-state index contributed by atoms with van der Waals surface area (Å²) >= 11 is 0. The number of nitrogens with two attached hydrogens (primary N) is 1. The van der Waals surface area contributed by atoms with Crippen molar-refractivity contribution in [2.45, 2.75) is 20.0 Å². The number of hydrogen-bond donors (Lipinski definition) is 2. The van der Waals surface area contributed by atoms with E-state index in [1.54, 1.807) is 18.3 Å². The monoisotopic (exact) mass is 362 g/mol. The van der Waals surface area contributed by atoms with Crippen LogP contribution in [0.25, 0.3) is 11.0 Å². The van der Waals surface area contributed by atoms with E-state index in [1.807, 2.05) is 41.8 Å². The van der Waals surface area contributed by atoms with Gasteiger partial charge in [-0.1, -0.05) is 23.4 Å². The molecule has 4 aromatic rings. The molecule has 0 unspecified atom stereocenters. The number of benzene rings is 1. The summed E-state index contributed by atoms with van der Waals surface area (Å²) in [6.45, 7) is 2.65. The minimum absolute atomic E-state index is 0.217. The molecule has 0 radical (unpaired) electrons. The van der Waals surface area contributed by atoms with E-state index in [2.05, 4.69) is 20.4 Å². The molecular weight excluding hydrogens is 344 g/mol. The lowest BCUT2D eigenvalue weighted by Crippen LogP contribution is -2.23. The van der Waals surface area contributed by atoms with Gasteiger partial charge in [-0.25, -0.2) is 9.97 Å². The van der Waals surface area contributed by atoms with Crippen molar-refractivity contribution in [1.82, 2.24) is 25.0 Å². The molecule has 136 valence electrons. The van der Waals surface area contributed by atoms with Crippen LogP contribution < -0.4 is 11.1 Å². The average molecular weight is 362 g/mol. The number of imidazole rings is 1. The van der Waals surface area contributed by atoms with Crippen molar-refractivity contribution in [3.05, 3.63) is 71.5 Å². The zero-order chi connectivity index (χ0) is 18.8. The number of aromatic nitrogens is 4. The minimum Gasteiger partial charge on any atom is -0.383 e. The lowest BCUT2D eigenvalue weighted by Gasteiger charge is -2.05. The first-order valence-corrected chi connectivity index (χ1v) is 8.47. The van der Waals surface area contributed by atoms with Gasteiger partial charge in [-0.2, -0.15) is 0 Å². The third kappa shape index (κ3) is 3.37. The molecule has 4 rings (SSSR count). The number of para-hydroxylation sites is 2. The van der Waals surface area contributed by atoms with Crippen LogP contribution in [0.3, 0.4) is 0 Å². The van der Waals surface area contributed by atoms with Crippen LogP contribution in [0.2, 0.25) is 0 Å². The van der Waals surface area contributed by atoms with Crippen LogP contribution >= 0.6 is 0 Å². The molecule has 8 nitrogen and oxygen atoms in total. The number of pyridine rings is 1. The topological polar surface area (TPSA) is 112 Å². The van der Waals surface area contributed by atoms with Crippen molar-refractivity contribution < 1.29 is 9.32 Å². The zero-order valence-electron chi connectivity index (χ0n) is 14.7. The fraction of sp³-hybridized carbons (Fsp3) is 0.158. The highest BCUT2D eigenvalue weighted by Crippen LogP contribution is 2.18. The molecule has 0 saturated heterocycles. The first-order valence-electron chi connectivity index (χ1n) is 8.47. The summed E-state index contributed by atoms with van der Waals surface area (Å²) < 4.78 is 7.36. The van der Waals surface area contributed by atoms with Crippen LogP contribution in [0.1, 0.15) is 27.6 Å². The summed E-state index contributed by atoms with van der Waals surface area (Å²) in [5.74, 6) is 1.50. The first-order chi connectivity index (χ1) is 13.1. The number of carbonyl (C=O) groups excluding carboxylic acids is 1. The standard InChI is InChI=1S/C19H18N6O2/c1-12-23-15-6-2-3-7-17(15)25(12)11-14-9-16(24-27-14)19(26)22-10-13-5-4-8-21-18(13)20/h2-9H,10-11H2,1H3,(H2,20,21)(H,22,26). The second-order valence-electron chi connectivity index (χ2n) is 6.14. The predicted octanol–water partition coefficient (Wildman–Crippen LogP) is 2.29. The molecule has 0 atom stereocenters. The highest BCUT2D eigenvalue weighted by molar-refractivity contribution is 5.92. The van der Waals surface area contributed by atoms with Gasteiger partial charge in [-0.15, -0.1) is 0 Å². The third-order valence-electron chi connectivity index (χ3n) is 4.32. The van der Waals surface area contributed by atoms with E-state index in [4.69, 9.17) is 10.3 Å².